The van der Waals surface area contributed by atoms with Crippen LogP contribution in [0.2, 0.25) is 0 Å². The zero-order valence-corrected chi connectivity index (χ0v) is 18.3. The van der Waals surface area contributed by atoms with Crippen LogP contribution >= 0.6 is 0 Å². The average Bonchev–Trinajstić information content (AvgIpc) is 3.23. The summed E-state index contributed by atoms with van der Waals surface area (Å²) in [5.74, 6) is 1.00. The molecule has 0 radical (unpaired) electrons. The highest BCUT2D eigenvalue weighted by atomic mass is 16.5. The summed E-state index contributed by atoms with van der Waals surface area (Å²) in [5, 5.41) is 0. The summed E-state index contributed by atoms with van der Waals surface area (Å²) in [5.41, 5.74) is 3.27. The Morgan fingerprint density at radius 2 is 1.68 bits per heavy atom. The number of ether oxygens (including phenoxy) is 1. The number of para-hydroxylation sites is 1. The lowest BCUT2D eigenvalue weighted by atomic mass is 10.1. The Bertz CT molecular complexity index is 858. The van der Waals surface area contributed by atoms with Gasteiger partial charge in [0.25, 0.3) is 0 Å². The van der Waals surface area contributed by atoms with Gasteiger partial charge in [0.1, 0.15) is 5.75 Å². The molecule has 0 saturated carbocycles. The molecular weight excluding hydrogens is 386 g/mol. The van der Waals surface area contributed by atoms with Crippen molar-refractivity contribution >= 4 is 11.5 Å². The summed E-state index contributed by atoms with van der Waals surface area (Å²) in [6, 6.07) is 18.1. The van der Waals surface area contributed by atoms with Gasteiger partial charge in [-0.05, 0) is 55.7 Å². The number of hydrogen-bond acceptors (Lipinski definition) is 5. The van der Waals surface area contributed by atoms with Crippen LogP contribution in [-0.4, -0.2) is 68.0 Å². The molecule has 0 aliphatic carbocycles. The number of anilines is 1. The topological polar surface area (TPSA) is 36.0 Å². The maximum absolute atomic E-state index is 12.7. The molecule has 0 bridgehead atoms. The second-order valence-electron chi connectivity index (χ2n) is 8.41. The van der Waals surface area contributed by atoms with E-state index in [1.165, 1.54) is 17.8 Å². The summed E-state index contributed by atoms with van der Waals surface area (Å²) in [6.45, 7) is 11.1. The number of ketones is 1. The van der Waals surface area contributed by atoms with Gasteiger partial charge in [-0.3, -0.25) is 9.69 Å². The van der Waals surface area contributed by atoms with E-state index in [4.69, 9.17) is 4.74 Å². The Morgan fingerprint density at radius 3 is 2.35 bits per heavy atom. The first kappa shape index (κ1) is 21.4. The van der Waals surface area contributed by atoms with E-state index in [-0.39, 0.29) is 5.78 Å². The Kier molecular flexibility index (Phi) is 7.26. The zero-order chi connectivity index (χ0) is 21.5. The van der Waals surface area contributed by atoms with Gasteiger partial charge in [0.2, 0.25) is 0 Å². The molecule has 5 nitrogen and oxygen atoms in total. The van der Waals surface area contributed by atoms with E-state index < -0.39 is 0 Å². The van der Waals surface area contributed by atoms with Crippen molar-refractivity contribution in [3.63, 3.8) is 0 Å². The fraction of sp³-hybridized carbons (Fsp3) is 0.423. The maximum atomic E-state index is 12.7. The van der Waals surface area contributed by atoms with E-state index in [0.29, 0.717) is 13.2 Å². The standard InChI is InChI=1S/C26H33N3O2/c1-22-7-5-14-28(22)15-6-20-31-25-12-10-23(11-13-25)26(30)21-27-16-18-29(19-17-27)24-8-3-2-4-9-24/h2-4,8-13H,1,5-7,14-21H2. The number of allylic oxidation sites excluding steroid dienone is 1. The molecule has 2 saturated heterocycles. The van der Waals surface area contributed by atoms with Crippen molar-refractivity contribution in [3.8, 4) is 5.75 Å². The molecule has 2 aliphatic rings. The molecule has 31 heavy (non-hydrogen) atoms. The number of carbonyl (C=O) groups is 1. The van der Waals surface area contributed by atoms with Gasteiger partial charge in [-0.1, -0.05) is 24.8 Å². The van der Waals surface area contributed by atoms with Gasteiger partial charge >= 0.3 is 0 Å². The largest absolute Gasteiger partial charge is 0.494 e. The molecule has 2 heterocycles. The second kappa shape index (κ2) is 10.5. The molecule has 0 aromatic heterocycles. The normalized spacial score (nSPS) is 17.2. The SMILES string of the molecule is C=C1CCCN1CCCOc1ccc(C(=O)CN2CCN(c3ccccc3)CC2)cc1. The lowest BCUT2D eigenvalue weighted by Gasteiger charge is -2.35. The summed E-state index contributed by atoms with van der Waals surface area (Å²) >= 11 is 0. The van der Waals surface area contributed by atoms with Gasteiger partial charge in [0, 0.05) is 56.2 Å². The average molecular weight is 420 g/mol. The smallest absolute Gasteiger partial charge is 0.176 e. The third-order valence-electron chi connectivity index (χ3n) is 6.22. The van der Waals surface area contributed by atoms with Gasteiger partial charge in [-0.2, -0.15) is 0 Å². The maximum Gasteiger partial charge on any atom is 0.176 e. The number of likely N-dealkylation sites (tertiary alicyclic amines) is 1. The molecular formula is C26H33N3O2. The fourth-order valence-electron chi connectivity index (χ4n) is 4.34. The lowest BCUT2D eigenvalue weighted by Crippen LogP contribution is -2.48. The van der Waals surface area contributed by atoms with Crippen molar-refractivity contribution in [1.82, 2.24) is 9.80 Å². The minimum atomic E-state index is 0.173. The Balaban J connectivity index is 1.17. The molecule has 4 rings (SSSR count). The van der Waals surface area contributed by atoms with E-state index in [2.05, 4.69) is 45.5 Å². The molecule has 2 fully saturated rings. The highest BCUT2D eigenvalue weighted by Crippen LogP contribution is 2.19. The van der Waals surface area contributed by atoms with E-state index in [1.54, 1.807) is 0 Å². The number of Topliss-reactive ketones (excluding diaryl/α,β-unsaturated/α-hetero) is 1. The molecule has 0 spiro atoms. The van der Waals surface area contributed by atoms with E-state index >= 15 is 0 Å². The number of benzene rings is 2. The van der Waals surface area contributed by atoms with Crippen molar-refractivity contribution in [2.75, 3.05) is 57.3 Å². The summed E-state index contributed by atoms with van der Waals surface area (Å²) in [4.78, 5) is 19.7. The Hall–Kier alpha value is -2.79. The first-order chi connectivity index (χ1) is 15.2. The number of nitrogens with zero attached hydrogens (tertiary/aromatic N) is 3. The number of piperazine rings is 1. The van der Waals surface area contributed by atoms with Gasteiger partial charge in [-0.15, -0.1) is 0 Å². The zero-order valence-electron chi connectivity index (χ0n) is 18.3. The van der Waals surface area contributed by atoms with Crippen LogP contribution in [0.25, 0.3) is 0 Å². The Morgan fingerprint density at radius 1 is 0.935 bits per heavy atom. The molecule has 164 valence electrons. The van der Waals surface area contributed by atoms with Crippen LogP contribution in [0, 0.1) is 0 Å². The van der Waals surface area contributed by atoms with Crippen molar-refractivity contribution in [3.05, 3.63) is 72.4 Å². The molecule has 0 atom stereocenters. The van der Waals surface area contributed by atoms with Crippen LogP contribution < -0.4 is 9.64 Å². The van der Waals surface area contributed by atoms with Crippen LogP contribution in [0.1, 0.15) is 29.6 Å². The number of rotatable bonds is 9. The summed E-state index contributed by atoms with van der Waals surface area (Å²) in [6.07, 6.45) is 3.33. The molecule has 2 aromatic rings. The van der Waals surface area contributed by atoms with Crippen LogP contribution in [-0.2, 0) is 0 Å². The molecule has 0 unspecified atom stereocenters. The summed E-state index contributed by atoms with van der Waals surface area (Å²) < 4.78 is 5.86. The van der Waals surface area contributed by atoms with Crippen LogP contribution in [0.4, 0.5) is 5.69 Å². The first-order valence-corrected chi connectivity index (χ1v) is 11.4. The predicted molar refractivity (Wildman–Crippen MR) is 126 cm³/mol. The Labute approximate surface area is 185 Å². The van der Waals surface area contributed by atoms with Crippen molar-refractivity contribution in [1.29, 1.82) is 0 Å². The number of hydrogen-bond donors (Lipinski definition) is 0. The second-order valence-corrected chi connectivity index (χ2v) is 8.41. The van der Waals surface area contributed by atoms with Gasteiger partial charge in [0.15, 0.2) is 5.78 Å². The van der Waals surface area contributed by atoms with Crippen molar-refractivity contribution < 1.29 is 9.53 Å². The van der Waals surface area contributed by atoms with Crippen molar-refractivity contribution in [2.45, 2.75) is 19.3 Å². The van der Waals surface area contributed by atoms with E-state index in [0.717, 1.165) is 63.4 Å². The predicted octanol–water partition coefficient (Wildman–Crippen LogP) is 4.07. The third-order valence-corrected chi connectivity index (χ3v) is 6.22. The van der Waals surface area contributed by atoms with Crippen LogP contribution in [0.3, 0.4) is 0 Å². The minimum absolute atomic E-state index is 0.173. The first-order valence-electron chi connectivity index (χ1n) is 11.4. The molecule has 0 N–H and O–H groups in total. The van der Waals surface area contributed by atoms with E-state index in [9.17, 15) is 4.79 Å². The minimum Gasteiger partial charge on any atom is -0.494 e. The van der Waals surface area contributed by atoms with Gasteiger partial charge in [0.05, 0.1) is 13.2 Å². The lowest BCUT2D eigenvalue weighted by molar-refractivity contribution is 0.0926. The van der Waals surface area contributed by atoms with Gasteiger partial charge in [-0.25, -0.2) is 0 Å². The molecule has 0 amide bonds. The summed E-state index contributed by atoms with van der Waals surface area (Å²) in [7, 11) is 0. The highest BCUT2D eigenvalue weighted by Gasteiger charge is 2.20. The monoisotopic (exact) mass is 419 g/mol. The molecule has 2 aromatic carbocycles. The highest BCUT2D eigenvalue weighted by molar-refractivity contribution is 5.97. The van der Waals surface area contributed by atoms with Crippen LogP contribution in [0.5, 0.6) is 5.75 Å². The number of carbonyl (C=O) groups excluding carboxylic acids is 1. The molecule has 2 aliphatic heterocycles. The quantitative estimate of drug-likeness (QED) is 0.452. The van der Waals surface area contributed by atoms with Crippen LogP contribution in [0.15, 0.2) is 66.9 Å². The fourth-order valence-corrected chi connectivity index (χ4v) is 4.34. The van der Waals surface area contributed by atoms with Crippen molar-refractivity contribution in [2.24, 2.45) is 0 Å². The van der Waals surface area contributed by atoms with E-state index in [1.807, 2.05) is 30.3 Å². The third kappa shape index (κ3) is 5.88. The molecule has 5 heteroatoms. The van der Waals surface area contributed by atoms with Gasteiger partial charge < -0.3 is 14.5 Å².